The zero-order valence-electron chi connectivity index (χ0n) is 33.2. The average molecular weight is 779 g/mol. The highest BCUT2D eigenvalue weighted by Crippen LogP contribution is 2.43. The summed E-state index contributed by atoms with van der Waals surface area (Å²) in [4.78, 5) is 2.38. The maximum absolute atomic E-state index is 6.61. The smallest absolute Gasteiger partial charge is 0.143 e. The number of rotatable bonds is 7. The number of aromatic nitrogens is 1. The van der Waals surface area contributed by atoms with Crippen LogP contribution in [0.2, 0.25) is 0 Å². The minimum Gasteiger partial charge on any atom is -0.455 e. The Morgan fingerprint density at radius 3 is 1.77 bits per heavy atom. The first kappa shape index (κ1) is 34.9. The molecule has 3 nitrogen and oxygen atoms in total. The summed E-state index contributed by atoms with van der Waals surface area (Å²) in [5, 5.41) is 7.03. The van der Waals surface area contributed by atoms with Gasteiger partial charge in [0.1, 0.15) is 11.2 Å². The molecule has 12 aromatic rings. The molecule has 0 N–H and O–H groups in total. The van der Waals surface area contributed by atoms with Crippen molar-refractivity contribution in [2.75, 3.05) is 4.90 Å². The first-order valence-corrected chi connectivity index (χ1v) is 20.8. The van der Waals surface area contributed by atoms with Gasteiger partial charge >= 0.3 is 0 Å². The Hall–Kier alpha value is -8.14. The van der Waals surface area contributed by atoms with E-state index in [2.05, 4.69) is 240 Å². The molecule has 3 heteroatoms. The molecule has 0 radical (unpaired) electrons. The molecular weight excluding hydrogens is 741 g/mol. The normalized spacial score (nSPS) is 11.6. The van der Waals surface area contributed by atoms with E-state index < -0.39 is 0 Å². The number of fused-ring (bicyclic) bond motifs is 8. The second-order valence-electron chi connectivity index (χ2n) is 15.7. The van der Waals surface area contributed by atoms with Gasteiger partial charge in [0.25, 0.3) is 0 Å². The van der Waals surface area contributed by atoms with Crippen LogP contribution >= 0.6 is 0 Å². The molecule has 286 valence electrons. The van der Waals surface area contributed by atoms with Crippen molar-refractivity contribution in [3.63, 3.8) is 0 Å². The van der Waals surface area contributed by atoms with Crippen molar-refractivity contribution in [3.8, 4) is 39.1 Å². The third-order valence-electron chi connectivity index (χ3n) is 12.2. The van der Waals surface area contributed by atoms with E-state index >= 15 is 0 Å². The van der Waals surface area contributed by atoms with Crippen molar-refractivity contribution < 1.29 is 4.42 Å². The van der Waals surface area contributed by atoms with E-state index in [0.717, 1.165) is 66.8 Å². The van der Waals surface area contributed by atoms with Gasteiger partial charge in [-0.1, -0.05) is 152 Å². The second-order valence-corrected chi connectivity index (χ2v) is 15.7. The molecule has 61 heavy (non-hydrogen) atoms. The van der Waals surface area contributed by atoms with Gasteiger partial charge in [0, 0.05) is 49.7 Å². The van der Waals surface area contributed by atoms with E-state index in [-0.39, 0.29) is 0 Å². The van der Waals surface area contributed by atoms with Gasteiger partial charge in [0.2, 0.25) is 0 Å². The fourth-order valence-electron chi connectivity index (χ4n) is 9.32. The first-order chi connectivity index (χ1) is 30.2. The Morgan fingerprint density at radius 2 is 0.951 bits per heavy atom. The molecule has 2 aromatic heterocycles. The molecule has 0 aliphatic carbocycles. The molecule has 0 bridgehead atoms. The van der Waals surface area contributed by atoms with Crippen LogP contribution in [0.15, 0.2) is 235 Å². The van der Waals surface area contributed by atoms with Crippen molar-refractivity contribution in [3.05, 3.63) is 231 Å². The minimum atomic E-state index is 0.888. The fraction of sp³-hybridized carbons (Fsp3) is 0. The predicted molar refractivity (Wildman–Crippen MR) is 257 cm³/mol. The highest BCUT2D eigenvalue weighted by atomic mass is 16.3. The SMILES string of the molecule is c1ccc(-c2ccc(N(c3cccc(-c4ccc5c(c4)c4ccccc4n5-c4ccccc4)c3)c3cccc(-c4cccc5oc6c7ccccc7ccc6c45)c3)cc2)cc1. The van der Waals surface area contributed by atoms with Gasteiger partial charge in [0.15, 0.2) is 0 Å². The third kappa shape index (κ3) is 5.90. The molecule has 10 aromatic carbocycles. The number of anilines is 3. The molecule has 12 rings (SSSR count). The predicted octanol–water partition coefficient (Wildman–Crippen LogP) is 16.3. The van der Waals surface area contributed by atoms with Gasteiger partial charge in [-0.15, -0.1) is 0 Å². The van der Waals surface area contributed by atoms with Crippen molar-refractivity contribution >= 4 is 71.6 Å². The molecule has 0 spiro atoms. The summed E-state index contributed by atoms with van der Waals surface area (Å²) in [6.07, 6.45) is 0. The van der Waals surface area contributed by atoms with Gasteiger partial charge in [-0.25, -0.2) is 0 Å². The van der Waals surface area contributed by atoms with Crippen molar-refractivity contribution in [2.45, 2.75) is 0 Å². The Bertz CT molecular complexity index is 3580. The summed E-state index contributed by atoms with van der Waals surface area (Å²) in [7, 11) is 0. The summed E-state index contributed by atoms with van der Waals surface area (Å²) in [5.41, 5.74) is 15.6. The molecule has 0 unspecified atom stereocenters. The zero-order chi connectivity index (χ0) is 40.3. The van der Waals surface area contributed by atoms with E-state index in [0.29, 0.717) is 0 Å². The van der Waals surface area contributed by atoms with Crippen LogP contribution in [-0.4, -0.2) is 4.57 Å². The van der Waals surface area contributed by atoms with Crippen LogP contribution in [0.4, 0.5) is 17.1 Å². The topological polar surface area (TPSA) is 21.3 Å². The Balaban J connectivity index is 1.01. The molecule has 0 saturated heterocycles. The van der Waals surface area contributed by atoms with Gasteiger partial charge in [-0.2, -0.15) is 0 Å². The van der Waals surface area contributed by atoms with Crippen molar-refractivity contribution in [1.29, 1.82) is 0 Å². The molecule has 0 saturated carbocycles. The summed E-state index contributed by atoms with van der Waals surface area (Å²) < 4.78 is 8.98. The van der Waals surface area contributed by atoms with E-state index in [1.54, 1.807) is 0 Å². The lowest BCUT2D eigenvalue weighted by atomic mass is 9.97. The summed E-state index contributed by atoms with van der Waals surface area (Å²) >= 11 is 0. The molecule has 0 aliphatic heterocycles. The lowest BCUT2D eigenvalue weighted by molar-refractivity contribution is 0.673. The van der Waals surface area contributed by atoms with Crippen LogP contribution in [0, 0.1) is 0 Å². The van der Waals surface area contributed by atoms with Crippen LogP contribution in [0.1, 0.15) is 0 Å². The Labute approximate surface area is 353 Å². The molecule has 0 aliphatic rings. The number of nitrogens with zero attached hydrogens (tertiary/aromatic N) is 2. The van der Waals surface area contributed by atoms with Crippen molar-refractivity contribution in [1.82, 2.24) is 4.57 Å². The van der Waals surface area contributed by atoms with E-state index in [1.807, 2.05) is 0 Å². The Kier molecular flexibility index (Phi) is 8.17. The summed E-state index contributed by atoms with van der Waals surface area (Å²) in [6, 6.07) is 82.9. The van der Waals surface area contributed by atoms with E-state index in [1.165, 1.54) is 43.9 Å². The minimum absolute atomic E-state index is 0.888. The quantitative estimate of drug-likeness (QED) is 0.161. The monoisotopic (exact) mass is 778 g/mol. The number of benzene rings is 10. The third-order valence-corrected chi connectivity index (χ3v) is 12.2. The van der Waals surface area contributed by atoms with E-state index in [4.69, 9.17) is 4.42 Å². The lowest BCUT2D eigenvalue weighted by Crippen LogP contribution is -2.10. The maximum atomic E-state index is 6.61. The maximum Gasteiger partial charge on any atom is 0.143 e. The highest BCUT2D eigenvalue weighted by molar-refractivity contribution is 6.19. The lowest BCUT2D eigenvalue weighted by Gasteiger charge is -2.27. The fourth-order valence-corrected chi connectivity index (χ4v) is 9.32. The van der Waals surface area contributed by atoms with Crippen LogP contribution in [0.3, 0.4) is 0 Å². The van der Waals surface area contributed by atoms with Gasteiger partial charge in [-0.05, 0) is 118 Å². The molecular formula is C58H38N2O. The average Bonchev–Trinajstić information content (AvgIpc) is 3.89. The largest absolute Gasteiger partial charge is 0.455 e. The zero-order valence-corrected chi connectivity index (χ0v) is 33.2. The van der Waals surface area contributed by atoms with Gasteiger partial charge in [-0.3, -0.25) is 0 Å². The van der Waals surface area contributed by atoms with Crippen LogP contribution in [0.25, 0.3) is 93.6 Å². The summed E-state index contributed by atoms with van der Waals surface area (Å²) in [5.74, 6) is 0. The van der Waals surface area contributed by atoms with Gasteiger partial charge < -0.3 is 13.9 Å². The molecule has 2 heterocycles. The number of hydrogen-bond donors (Lipinski definition) is 0. The molecule has 0 fully saturated rings. The van der Waals surface area contributed by atoms with E-state index in [9.17, 15) is 0 Å². The second kappa shape index (κ2) is 14.3. The van der Waals surface area contributed by atoms with Crippen LogP contribution < -0.4 is 4.90 Å². The number of hydrogen-bond acceptors (Lipinski definition) is 2. The highest BCUT2D eigenvalue weighted by Gasteiger charge is 2.19. The number of furan rings is 1. The molecule has 0 atom stereocenters. The molecule has 0 amide bonds. The first-order valence-electron chi connectivity index (χ1n) is 20.8. The standard InChI is InChI=1S/C58H38N2O/c1-3-14-39(15-4-1)40-28-32-46(33-29-40)59(48-22-12-18-44(37-48)49-25-13-27-56-57(49)52-34-30-41-16-7-8-23-50(41)58(52)61-56)47-21-11-17-42(36-47)43-31-35-55-53(38-43)51-24-9-10-26-54(51)60(55)45-19-5-2-6-20-45/h1-38H. The van der Waals surface area contributed by atoms with Gasteiger partial charge in [0.05, 0.1) is 11.0 Å². The summed E-state index contributed by atoms with van der Waals surface area (Å²) in [6.45, 7) is 0. The number of para-hydroxylation sites is 2. The van der Waals surface area contributed by atoms with Crippen LogP contribution in [-0.2, 0) is 0 Å². The Morgan fingerprint density at radius 1 is 0.344 bits per heavy atom. The van der Waals surface area contributed by atoms with Crippen LogP contribution in [0.5, 0.6) is 0 Å². The van der Waals surface area contributed by atoms with Crippen molar-refractivity contribution in [2.24, 2.45) is 0 Å².